The first-order chi connectivity index (χ1) is 12.3. The number of hydrogen-bond donors (Lipinski definition) is 1. The molecule has 0 amide bonds. The maximum Gasteiger partial charge on any atom is 0.193 e. The first kappa shape index (κ1) is 16.8. The summed E-state index contributed by atoms with van der Waals surface area (Å²) in [7, 11) is 0. The van der Waals surface area contributed by atoms with Crippen LogP contribution in [0.1, 0.15) is 16.7 Å². The number of aliphatic imine (C=N–C) groups is 1. The van der Waals surface area contributed by atoms with E-state index >= 15 is 0 Å². The monoisotopic (exact) mass is 362 g/mol. The lowest BCUT2D eigenvalue weighted by Crippen LogP contribution is -2.43. The van der Waals surface area contributed by atoms with Gasteiger partial charge in [0.25, 0.3) is 0 Å². The van der Waals surface area contributed by atoms with E-state index in [1.807, 2.05) is 59.5 Å². The van der Waals surface area contributed by atoms with Crippen LogP contribution in [0.25, 0.3) is 11.1 Å². The van der Waals surface area contributed by atoms with E-state index in [1.165, 1.54) is 5.56 Å². The molecule has 0 saturated heterocycles. The maximum absolute atomic E-state index is 11.7. The standard InChI is InChI=1S/C22H18N2O.ClH/c25-22(18-12-10-17(11-13-18)16-6-2-1-3-7-16)20-9-5-4-8-19(20)21-23-14-15-24(21)22;/h1-13,25H,14-15H2;1H. The van der Waals surface area contributed by atoms with Crippen molar-refractivity contribution in [3.63, 3.8) is 0 Å². The summed E-state index contributed by atoms with van der Waals surface area (Å²) in [5, 5.41) is 11.7. The van der Waals surface area contributed by atoms with Crippen LogP contribution in [0.15, 0.2) is 83.9 Å². The number of fused-ring (bicyclic) bond motifs is 3. The molecule has 2 aliphatic heterocycles. The molecule has 0 aromatic heterocycles. The summed E-state index contributed by atoms with van der Waals surface area (Å²) in [6.07, 6.45) is 0. The van der Waals surface area contributed by atoms with Gasteiger partial charge in [-0.25, -0.2) is 0 Å². The van der Waals surface area contributed by atoms with Gasteiger partial charge in [0.15, 0.2) is 5.72 Å². The molecule has 3 nitrogen and oxygen atoms in total. The predicted octanol–water partition coefficient (Wildman–Crippen LogP) is 4.04. The van der Waals surface area contributed by atoms with Gasteiger partial charge in [-0.3, -0.25) is 4.99 Å². The van der Waals surface area contributed by atoms with Gasteiger partial charge in [0, 0.05) is 23.2 Å². The molecule has 26 heavy (non-hydrogen) atoms. The highest BCUT2D eigenvalue weighted by Gasteiger charge is 2.49. The molecular weight excluding hydrogens is 344 g/mol. The largest absolute Gasteiger partial charge is 0.363 e. The lowest BCUT2D eigenvalue weighted by atomic mass is 9.92. The molecule has 0 saturated carbocycles. The van der Waals surface area contributed by atoms with Crippen molar-refractivity contribution in [1.29, 1.82) is 0 Å². The SMILES string of the molecule is Cl.OC1(c2ccc(-c3ccccc3)cc2)c2ccccc2C2=NCCN21. The number of rotatable bonds is 2. The van der Waals surface area contributed by atoms with E-state index in [1.54, 1.807) is 0 Å². The molecule has 0 bridgehead atoms. The van der Waals surface area contributed by atoms with Crippen LogP contribution in [0.2, 0.25) is 0 Å². The van der Waals surface area contributed by atoms with E-state index < -0.39 is 5.72 Å². The molecule has 2 aliphatic rings. The zero-order valence-corrected chi connectivity index (χ0v) is 15.0. The van der Waals surface area contributed by atoms with Gasteiger partial charge in [-0.2, -0.15) is 0 Å². The average molecular weight is 363 g/mol. The molecule has 3 aromatic carbocycles. The summed E-state index contributed by atoms with van der Waals surface area (Å²) in [6.45, 7) is 1.47. The Labute approximate surface area is 159 Å². The zero-order chi connectivity index (χ0) is 16.9. The first-order valence-corrected chi connectivity index (χ1v) is 8.59. The Hall–Kier alpha value is -2.62. The molecular formula is C22H19ClN2O. The summed E-state index contributed by atoms with van der Waals surface area (Å²) in [5.74, 6) is 0.908. The van der Waals surface area contributed by atoms with Crippen molar-refractivity contribution in [3.05, 3.63) is 95.6 Å². The molecule has 2 heterocycles. The molecule has 1 unspecified atom stereocenters. The van der Waals surface area contributed by atoms with Crippen molar-refractivity contribution in [2.75, 3.05) is 13.1 Å². The average Bonchev–Trinajstić information content (AvgIpc) is 3.26. The van der Waals surface area contributed by atoms with Crippen LogP contribution in [0.4, 0.5) is 0 Å². The van der Waals surface area contributed by atoms with E-state index in [2.05, 4.69) is 29.3 Å². The van der Waals surface area contributed by atoms with Crippen LogP contribution in [0.3, 0.4) is 0 Å². The van der Waals surface area contributed by atoms with Crippen molar-refractivity contribution in [3.8, 4) is 11.1 Å². The molecule has 0 radical (unpaired) electrons. The van der Waals surface area contributed by atoms with Crippen molar-refractivity contribution >= 4 is 18.2 Å². The third-order valence-corrected chi connectivity index (χ3v) is 5.17. The van der Waals surface area contributed by atoms with Gasteiger partial charge in [-0.15, -0.1) is 12.4 Å². The van der Waals surface area contributed by atoms with Gasteiger partial charge in [0.05, 0.1) is 6.54 Å². The van der Waals surface area contributed by atoms with Crippen LogP contribution < -0.4 is 0 Å². The Morgan fingerprint density at radius 1 is 0.808 bits per heavy atom. The second-order valence-corrected chi connectivity index (χ2v) is 6.52. The highest BCUT2D eigenvalue weighted by molar-refractivity contribution is 6.05. The molecule has 0 spiro atoms. The highest BCUT2D eigenvalue weighted by Crippen LogP contribution is 2.44. The number of halogens is 1. The summed E-state index contributed by atoms with van der Waals surface area (Å²) in [5.41, 5.74) is 4.02. The van der Waals surface area contributed by atoms with Gasteiger partial charge >= 0.3 is 0 Å². The third kappa shape index (κ3) is 2.28. The van der Waals surface area contributed by atoms with E-state index in [9.17, 15) is 5.11 Å². The minimum absolute atomic E-state index is 0. The van der Waals surface area contributed by atoms with Gasteiger partial charge in [0.2, 0.25) is 0 Å². The number of aliphatic hydroxyl groups is 1. The van der Waals surface area contributed by atoms with Gasteiger partial charge < -0.3 is 10.0 Å². The Balaban J connectivity index is 0.00000168. The Bertz CT molecular complexity index is 969. The van der Waals surface area contributed by atoms with E-state index in [-0.39, 0.29) is 12.4 Å². The summed E-state index contributed by atoms with van der Waals surface area (Å²) < 4.78 is 0. The lowest BCUT2D eigenvalue weighted by molar-refractivity contribution is -0.0242. The van der Waals surface area contributed by atoms with Crippen molar-refractivity contribution in [1.82, 2.24) is 4.90 Å². The number of nitrogens with zero attached hydrogens (tertiary/aromatic N) is 2. The second-order valence-electron chi connectivity index (χ2n) is 6.52. The fraction of sp³-hybridized carbons (Fsp3) is 0.136. The summed E-state index contributed by atoms with van der Waals surface area (Å²) in [4.78, 5) is 6.63. The van der Waals surface area contributed by atoms with Crippen molar-refractivity contribution < 1.29 is 5.11 Å². The van der Waals surface area contributed by atoms with Gasteiger partial charge in [0.1, 0.15) is 5.84 Å². The van der Waals surface area contributed by atoms with Crippen LogP contribution in [0, 0.1) is 0 Å². The van der Waals surface area contributed by atoms with E-state index in [0.29, 0.717) is 0 Å². The topological polar surface area (TPSA) is 35.8 Å². The molecule has 1 N–H and O–H groups in total. The predicted molar refractivity (Wildman–Crippen MR) is 107 cm³/mol. The summed E-state index contributed by atoms with van der Waals surface area (Å²) >= 11 is 0. The fourth-order valence-corrected chi connectivity index (χ4v) is 3.96. The van der Waals surface area contributed by atoms with Crippen LogP contribution >= 0.6 is 12.4 Å². The van der Waals surface area contributed by atoms with Crippen LogP contribution in [-0.2, 0) is 5.72 Å². The Morgan fingerprint density at radius 3 is 2.23 bits per heavy atom. The fourth-order valence-electron chi connectivity index (χ4n) is 3.96. The van der Waals surface area contributed by atoms with Crippen LogP contribution in [0.5, 0.6) is 0 Å². The van der Waals surface area contributed by atoms with Crippen molar-refractivity contribution in [2.45, 2.75) is 5.72 Å². The number of benzene rings is 3. The lowest BCUT2D eigenvalue weighted by Gasteiger charge is -2.34. The smallest absolute Gasteiger partial charge is 0.193 e. The third-order valence-electron chi connectivity index (χ3n) is 5.17. The zero-order valence-electron chi connectivity index (χ0n) is 14.2. The molecule has 0 fully saturated rings. The molecule has 4 heteroatoms. The number of hydrogen-bond acceptors (Lipinski definition) is 3. The molecule has 130 valence electrons. The molecule has 0 aliphatic carbocycles. The second kappa shape index (κ2) is 6.27. The first-order valence-electron chi connectivity index (χ1n) is 8.59. The molecule has 5 rings (SSSR count). The normalized spacial score (nSPS) is 20.2. The minimum Gasteiger partial charge on any atom is -0.363 e. The highest BCUT2D eigenvalue weighted by atomic mass is 35.5. The quantitative estimate of drug-likeness (QED) is 0.746. The summed E-state index contributed by atoms with van der Waals surface area (Å²) in [6, 6.07) is 26.5. The van der Waals surface area contributed by atoms with Gasteiger partial charge in [-0.05, 0) is 11.1 Å². The minimum atomic E-state index is -1.14. The Kier molecular flexibility index (Phi) is 4.06. The maximum atomic E-state index is 11.7. The Morgan fingerprint density at radius 2 is 1.46 bits per heavy atom. The van der Waals surface area contributed by atoms with Crippen LogP contribution in [-0.4, -0.2) is 28.9 Å². The molecule has 3 aromatic rings. The van der Waals surface area contributed by atoms with Gasteiger partial charge in [-0.1, -0.05) is 78.9 Å². The van der Waals surface area contributed by atoms with E-state index in [0.717, 1.165) is 41.2 Å². The van der Waals surface area contributed by atoms with Crippen molar-refractivity contribution in [2.24, 2.45) is 4.99 Å². The molecule has 1 atom stereocenters. The van der Waals surface area contributed by atoms with E-state index in [4.69, 9.17) is 0 Å². The number of amidine groups is 1.